The average molecular weight is 377 g/mol. The van der Waals surface area contributed by atoms with Crippen LogP contribution in [0.2, 0.25) is 0 Å². The molecule has 0 saturated carbocycles. The number of nitrogens with one attached hydrogen (secondary N) is 1. The largest absolute Gasteiger partial charge is 0.492 e. The summed E-state index contributed by atoms with van der Waals surface area (Å²) in [4.78, 5) is 13.5. The fourth-order valence-corrected chi connectivity index (χ4v) is 3.26. The molecule has 0 aliphatic rings. The maximum atomic E-state index is 11.2. The van der Waals surface area contributed by atoms with Gasteiger partial charge in [-0.05, 0) is 41.1 Å². The number of fused-ring (bicyclic) bond motifs is 1. The van der Waals surface area contributed by atoms with Crippen molar-refractivity contribution in [3.8, 4) is 5.75 Å². The van der Waals surface area contributed by atoms with Crippen molar-refractivity contribution in [2.24, 2.45) is 0 Å². The van der Waals surface area contributed by atoms with Crippen molar-refractivity contribution in [3.05, 3.63) is 77.9 Å². The Morgan fingerprint density at radius 3 is 2.50 bits per heavy atom. The summed E-state index contributed by atoms with van der Waals surface area (Å²) in [6.07, 6.45) is 0.501. The van der Waals surface area contributed by atoms with Crippen LogP contribution in [-0.4, -0.2) is 31.0 Å². The molecule has 28 heavy (non-hydrogen) atoms. The summed E-state index contributed by atoms with van der Waals surface area (Å²) in [7, 11) is 2.14. The van der Waals surface area contributed by atoms with Gasteiger partial charge in [-0.25, -0.2) is 0 Å². The molecule has 146 valence electrons. The number of nitrogens with zero attached hydrogens (tertiary/aromatic N) is 1. The van der Waals surface area contributed by atoms with Crippen LogP contribution in [0.4, 0.5) is 0 Å². The van der Waals surface area contributed by atoms with E-state index in [1.165, 1.54) is 21.9 Å². The summed E-state index contributed by atoms with van der Waals surface area (Å²) >= 11 is 0. The Morgan fingerprint density at radius 2 is 1.71 bits per heavy atom. The van der Waals surface area contributed by atoms with Crippen molar-refractivity contribution in [3.63, 3.8) is 0 Å². The fraction of sp³-hybridized carbons (Fsp3) is 0.292. The van der Waals surface area contributed by atoms with Gasteiger partial charge >= 0.3 is 0 Å². The summed E-state index contributed by atoms with van der Waals surface area (Å²) < 4.78 is 5.68. The molecule has 0 spiro atoms. The molecule has 0 fully saturated rings. The summed E-state index contributed by atoms with van der Waals surface area (Å²) in [6.45, 7) is 4.62. The van der Waals surface area contributed by atoms with Crippen LogP contribution in [0.3, 0.4) is 0 Å². The van der Waals surface area contributed by atoms with E-state index in [4.69, 9.17) is 4.74 Å². The summed E-state index contributed by atoms with van der Waals surface area (Å²) in [5, 5.41) is 5.40. The minimum absolute atomic E-state index is 0.0492. The Kier molecular flexibility index (Phi) is 7.04. The molecule has 0 aliphatic carbocycles. The first-order chi connectivity index (χ1) is 13.7. The highest BCUT2D eigenvalue weighted by atomic mass is 16.5. The van der Waals surface area contributed by atoms with Gasteiger partial charge in [0.25, 0.3) is 0 Å². The molecule has 3 aromatic rings. The first-order valence-corrected chi connectivity index (χ1v) is 9.79. The van der Waals surface area contributed by atoms with Gasteiger partial charge in [0.1, 0.15) is 12.4 Å². The van der Waals surface area contributed by atoms with Crippen molar-refractivity contribution < 1.29 is 9.53 Å². The second kappa shape index (κ2) is 9.90. The van der Waals surface area contributed by atoms with Gasteiger partial charge in [0.2, 0.25) is 5.91 Å². The van der Waals surface area contributed by atoms with Crippen molar-refractivity contribution in [2.45, 2.75) is 26.4 Å². The molecular formula is C24H28N2O2. The average Bonchev–Trinajstić information content (AvgIpc) is 2.72. The van der Waals surface area contributed by atoms with E-state index in [1.807, 2.05) is 19.1 Å². The SMILES string of the molecule is CCC(=O)NCCOc1ccc(CN(C)Cc2cccc3ccccc23)cc1. The van der Waals surface area contributed by atoms with Gasteiger partial charge in [-0.15, -0.1) is 0 Å². The number of ether oxygens (including phenoxy) is 1. The topological polar surface area (TPSA) is 41.6 Å². The van der Waals surface area contributed by atoms with Crippen molar-refractivity contribution in [1.29, 1.82) is 0 Å². The second-order valence-corrected chi connectivity index (χ2v) is 7.01. The first kappa shape index (κ1) is 19.9. The van der Waals surface area contributed by atoms with Crippen LogP contribution in [0, 0.1) is 0 Å². The van der Waals surface area contributed by atoms with Crippen LogP contribution < -0.4 is 10.1 Å². The summed E-state index contributed by atoms with van der Waals surface area (Å²) in [6, 6.07) is 23.2. The predicted molar refractivity (Wildman–Crippen MR) is 114 cm³/mol. The number of carbonyl (C=O) groups is 1. The van der Waals surface area contributed by atoms with Crippen LogP contribution >= 0.6 is 0 Å². The minimum Gasteiger partial charge on any atom is -0.492 e. The Labute approximate surface area is 167 Å². The lowest BCUT2D eigenvalue weighted by Crippen LogP contribution is -2.27. The molecule has 3 aromatic carbocycles. The van der Waals surface area contributed by atoms with E-state index in [0.717, 1.165) is 18.8 Å². The Hall–Kier alpha value is -2.85. The lowest BCUT2D eigenvalue weighted by Gasteiger charge is -2.18. The highest BCUT2D eigenvalue weighted by molar-refractivity contribution is 5.85. The summed E-state index contributed by atoms with van der Waals surface area (Å²) in [5.41, 5.74) is 2.59. The standard InChI is InChI=1S/C24H28N2O2/c1-3-24(27)25-15-16-28-22-13-11-19(12-14-22)17-26(2)18-21-9-6-8-20-7-4-5-10-23(20)21/h4-14H,3,15-18H2,1-2H3,(H,25,27). The number of amides is 1. The Morgan fingerprint density at radius 1 is 0.964 bits per heavy atom. The van der Waals surface area contributed by atoms with Crippen LogP contribution in [0.25, 0.3) is 10.8 Å². The maximum absolute atomic E-state index is 11.2. The molecule has 4 heteroatoms. The van der Waals surface area contributed by atoms with E-state index >= 15 is 0 Å². The Balaban J connectivity index is 1.51. The van der Waals surface area contributed by atoms with E-state index in [0.29, 0.717) is 19.6 Å². The van der Waals surface area contributed by atoms with Gasteiger partial charge < -0.3 is 10.1 Å². The third-order valence-electron chi connectivity index (χ3n) is 4.71. The smallest absolute Gasteiger partial charge is 0.219 e. The highest BCUT2D eigenvalue weighted by Crippen LogP contribution is 2.20. The quantitative estimate of drug-likeness (QED) is 0.564. The molecule has 0 radical (unpaired) electrons. The normalized spacial score (nSPS) is 11.0. The monoisotopic (exact) mass is 376 g/mol. The van der Waals surface area contributed by atoms with Gasteiger partial charge in [-0.1, -0.05) is 61.5 Å². The molecular weight excluding hydrogens is 348 g/mol. The van der Waals surface area contributed by atoms with Gasteiger partial charge in [0.05, 0.1) is 6.54 Å². The lowest BCUT2D eigenvalue weighted by atomic mass is 10.0. The van der Waals surface area contributed by atoms with Crippen LogP contribution in [0.1, 0.15) is 24.5 Å². The van der Waals surface area contributed by atoms with Gasteiger partial charge in [0, 0.05) is 19.5 Å². The molecule has 0 heterocycles. The number of benzene rings is 3. The summed E-state index contributed by atoms with van der Waals surface area (Å²) in [5.74, 6) is 0.874. The fourth-order valence-electron chi connectivity index (χ4n) is 3.26. The number of hydrogen-bond acceptors (Lipinski definition) is 3. The van der Waals surface area contributed by atoms with Gasteiger partial charge in [0.15, 0.2) is 0 Å². The van der Waals surface area contributed by atoms with Gasteiger partial charge in [-0.2, -0.15) is 0 Å². The third-order valence-corrected chi connectivity index (χ3v) is 4.71. The van der Waals surface area contributed by atoms with Crippen molar-refractivity contribution in [2.75, 3.05) is 20.2 Å². The molecule has 0 unspecified atom stereocenters. The van der Waals surface area contributed by atoms with Crippen LogP contribution in [-0.2, 0) is 17.9 Å². The molecule has 0 atom stereocenters. The number of rotatable bonds is 9. The predicted octanol–water partition coefficient (Wildman–Crippen LogP) is 4.38. The Bertz CT molecular complexity index is 901. The van der Waals surface area contributed by atoms with E-state index in [-0.39, 0.29) is 5.91 Å². The van der Waals surface area contributed by atoms with Crippen LogP contribution in [0.5, 0.6) is 5.75 Å². The maximum Gasteiger partial charge on any atom is 0.219 e. The van der Waals surface area contributed by atoms with E-state index in [9.17, 15) is 4.79 Å². The lowest BCUT2D eigenvalue weighted by molar-refractivity contribution is -0.120. The van der Waals surface area contributed by atoms with E-state index in [1.54, 1.807) is 0 Å². The second-order valence-electron chi connectivity index (χ2n) is 7.01. The molecule has 0 aromatic heterocycles. The molecule has 0 aliphatic heterocycles. The molecule has 3 rings (SSSR count). The molecule has 0 saturated heterocycles. The zero-order valence-electron chi connectivity index (χ0n) is 16.7. The molecule has 1 amide bonds. The minimum atomic E-state index is 0.0492. The number of carbonyl (C=O) groups excluding carboxylic acids is 1. The molecule has 0 bridgehead atoms. The van der Waals surface area contributed by atoms with E-state index < -0.39 is 0 Å². The molecule has 1 N–H and O–H groups in total. The van der Waals surface area contributed by atoms with Crippen molar-refractivity contribution >= 4 is 16.7 Å². The van der Waals surface area contributed by atoms with Crippen molar-refractivity contribution in [1.82, 2.24) is 10.2 Å². The zero-order chi connectivity index (χ0) is 19.8. The number of hydrogen-bond donors (Lipinski definition) is 1. The van der Waals surface area contributed by atoms with E-state index in [2.05, 4.69) is 71.9 Å². The third kappa shape index (κ3) is 5.57. The zero-order valence-corrected chi connectivity index (χ0v) is 16.7. The first-order valence-electron chi connectivity index (χ1n) is 9.79. The highest BCUT2D eigenvalue weighted by Gasteiger charge is 2.06. The molecule has 4 nitrogen and oxygen atoms in total. The van der Waals surface area contributed by atoms with Crippen LogP contribution in [0.15, 0.2) is 66.7 Å². The van der Waals surface area contributed by atoms with Gasteiger partial charge in [-0.3, -0.25) is 9.69 Å².